The van der Waals surface area contributed by atoms with E-state index in [9.17, 15) is 10.1 Å². The summed E-state index contributed by atoms with van der Waals surface area (Å²) in [5.74, 6) is 0. The van der Waals surface area contributed by atoms with Crippen molar-refractivity contribution in [3.8, 4) is 0 Å². The van der Waals surface area contributed by atoms with Crippen LogP contribution >= 0.6 is 15.9 Å². The molecule has 0 radical (unpaired) electrons. The Morgan fingerprint density at radius 3 is 2.72 bits per heavy atom. The summed E-state index contributed by atoms with van der Waals surface area (Å²) in [6, 6.07) is 4.92. The zero-order chi connectivity index (χ0) is 13.2. The molecule has 2 rings (SSSR count). The van der Waals surface area contributed by atoms with Crippen molar-refractivity contribution in [1.29, 1.82) is 0 Å². The third-order valence-corrected chi connectivity index (χ3v) is 4.51. The van der Waals surface area contributed by atoms with Crippen LogP contribution in [0.4, 0.5) is 5.69 Å². The number of nitrogens with one attached hydrogen (secondary N) is 1. The first-order valence-electron chi connectivity index (χ1n) is 6.20. The van der Waals surface area contributed by atoms with E-state index in [4.69, 9.17) is 0 Å². The summed E-state index contributed by atoms with van der Waals surface area (Å²) in [5, 5.41) is 14.1. The number of non-ortho nitro benzene ring substituents is 1. The van der Waals surface area contributed by atoms with Gasteiger partial charge in [0.1, 0.15) is 0 Å². The van der Waals surface area contributed by atoms with Crippen LogP contribution in [0.2, 0.25) is 0 Å². The highest BCUT2D eigenvalue weighted by Gasteiger charge is 2.39. The van der Waals surface area contributed by atoms with Crippen molar-refractivity contribution >= 4 is 21.6 Å². The first-order valence-corrected chi connectivity index (χ1v) is 6.99. The van der Waals surface area contributed by atoms with Gasteiger partial charge in [0.2, 0.25) is 0 Å². The highest BCUT2D eigenvalue weighted by atomic mass is 79.9. The first kappa shape index (κ1) is 13.5. The first-order chi connectivity index (χ1) is 8.56. The van der Waals surface area contributed by atoms with Crippen LogP contribution in [-0.4, -0.2) is 11.5 Å². The number of nitrogens with zero attached hydrogens (tertiary/aromatic N) is 1. The summed E-state index contributed by atoms with van der Waals surface area (Å²) in [6.07, 6.45) is 3.86. The Hall–Kier alpha value is -0.940. The zero-order valence-corrected chi connectivity index (χ0v) is 12.0. The van der Waals surface area contributed by atoms with Crippen molar-refractivity contribution in [1.82, 2.24) is 5.32 Å². The summed E-state index contributed by atoms with van der Waals surface area (Å²) >= 11 is 3.38. The lowest BCUT2D eigenvalue weighted by Crippen LogP contribution is -2.23. The molecule has 0 spiro atoms. The van der Waals surface area contributed by atoms with E-state index in [0.29, 0.717) is 5.41 Å². The van der Waals surface area contributed by atoms with Gasteiger partial charge in [-0.25, -0.2) is 0 Å². The molecular formula is C13H17BrN2O2. The maximum atomic E-state index is 10.6. The maximum absolute atomic E-state index is 10.6. The Morgan fingerprint density at radius 2 is 2.22 bits per heavy atom. The monoisotopic (exact) mass is 312 g/mol. The number of hydrogen-bond donors (Lipinski definition) is 1. The van der Waals surface area contributed by atoms with Crippen LogP contribution < -0.4 is 5.32 Å². The topological polar surface area (TPSA) is 55.2 Å². The van der Waals surface area contributed by atoms with Gasteiger partial charge in [-0.1, -0.05) is 22.9 Å². The molecule has 0 unspecified atom stereocenters. The molecule has 1 aliphatic carbocycles. The molecule has 1 aliphatic rings. The Balaban J connectivity index is 1.91. The molecule has 18 heavy (non-hydrogen) atoms. The van der Waals surface area contributed by atoms with Crippen molar-refractivity contribution in [3.05, 3.63) is 38.3 Å². The minimum Gasteiger partial charge on any atom is -0.312 e. The lowest BCUT2D eigenvalue weighted by atomic mass is 10.0. The zero-order valence-electron chi connectivity index (χ0n) is 10.4. The number of halogens is 1. The second kappa shape index (κ2) is 5.36. The molecule has 1 aromatic rings. The van der Waals surface area contributed by atoms with Crippen molar-refractivity contribution in [2.75, 3.05) is 6.54 Å². The molecule has 1 N–H and O–H groups in total. The largest absolute Gasteiger partial charge is 0.312 e. The van der Waals surface area contributed by atoms with Crippen molar-refractivity contribution in [2.24, 2.45) is 5.41 Å². The average Bonchev–Trinajstić information content (AvgIpc) is 3.11. The molecule has 0 aromatic heterocycles. The fraction of sp³-hybridized carbons (Fsp3) is 0.538. The van der Waals surface area contributed by atoms with Crippen LogP contribution in [-0.2, 0) is 6.54 Å². The molecular weight excluding hydrogens is 296 g/mol. The molecule has 0 atom stereocenters. The van der Waals surface area contributed by atoms with Crippen LogP contribution in [0.15, 0.2) is 22.7 Å². The van der Waals surface area contributed by atoms with E-state index in [-0.39, 0.29) is 10.6 Å². The van der Waals surface area contributed by atoms with E-state index in [2.05, 4.69) is 28.2 Å². The van der Waals surface area contributed by atoms with Gasteiger partial charge in [-0.3, -0.25) is 10.1 Å². The Morgan fingerprint density at radius 1 is 1.50 bits per heavy atom. The fourth-order valence-corrected chi connectivity index (χ4v) is 2.59. The molecule has 1 fully saturated rings. The minimum absolute atomic E-state index is 0.123. The van der Waals surface area contributed by atoms with Crippen LogP contribution in [0.1, 0.15) is 31.7 Å². The van der Waals surface area contributed by atoms with Gasteiger partial charge in [0, 0.05) is 29.7 Å². The Bertz CT molecular complexity index is 458. The molecule has 4 nitrogen and oxygen atoms in total. The molecule has 0 amide bonds. The SMILES string of the molecule is CCC1(CNCc2ccc([N+](=O)[O-])cc2Br)CC1. The third kappa shape index (κ3) is 3.09. The lowest BCUT2D eigenvalue weighted by Gasteiger charge is -2.13. The summed E-state index contributed by atoms with van der Waals surface area (Å²) in [4.78, 5) is 10.2. The molecule has 1 saturated carbocycles. The van der Waals surface area contributed by atoms with E-state index >= 15 is 0 Å². The standard InChI is InChI=1S/C13H17BrN2O2/c1-2-13(5-6-13)9-15-8-10-3-4-11(16(17)18)7-12(10)14/h3-4,7,15H,2,5-6,8-9H2,1H3. The quantitative estimate of drug-likeness (QED) is 0.644. The predicted molar refractivity (Wildman–Crippen MR) is 74.5 cm³/mol. The van der Waals surface area contributed by atoms with Gasteiger partial charge in [-0.15, -0.1) is 0 Å². The number of benzene rings is 1. The van der Waals surface area contributed by atoms with Gasteiger partial charge in [0.15, 0.2) is 0 Å². The van der Waals surface area contributed by atoms with Crippen molar-refractivity contribution in [2.45, 2.75) is 32.7 Å². The second-order valence-electron chi connectivity index (χ2n) is 4.99. The maximum Gasteiger partial charge on any atom is 0.270 e. The molecule has 0 bridgehead atoms. The summed E-state index contributed by atoms with van der Waals surface area (Å²) in [6.45, 7) is 4.02. The van der Waals surface area contributed by atoms with Crippen LogP contribution in [0.25, 0.3) is 0 Å². The molecule has 0 heterocycles. The van der Waals surface area contributed by atoms with E-state index in [0.717, 1.165) is 23.1 Å². The smallest absolute Gasteiger partial charge is 0.270 e. The van der Waals surface area contributed by atoms with E-state index in [1.807, 2.05) is 0 Å². The van der Waals surface area contributed by atoms with E-state index in [1.54, 1.807) is 18.2 Å². The average molecular weight is 313 g/mol. The molecule has 5 heteroatoms. The van der Waals surface area contributed by atoms with Crippen LogP contribution in [0, 0.1) is 15.5 Å². The highest BCUT2D eigenvalue weighted by molar-refractivity contribution is 9.10. The van der Waals surface area contributed by atoms with Gasteiger partial charge < -0.3 is 5.32 Å². The fourth-order valence-electron chi connectivity index (χ4n) is 2.09. The number of nitro groups is 1. The molecule has 0 aliphatic heterocycles. The predicted octanol–water partition coefficient (Wildman–Crippen LogP) is 3.64. The minimum atomic E-state index is -0.377. The van der Waals surface area contributed by atoms with Crippen molar-refractivity contribution < 1.29 is 4.92 Å². The summed E-state index contributed by atoms with van der Waals surface area (Å²) in [7, 11) is 0. The van der Waals surface area contributed by atoms with E-state index < -0.39 is 0 Å². The third-order valence-electron chi connectivity index (χ3n) is 3.77. The number of nitro benzene ring substituents is 1. The van der Waals surface area contributed by atoms with Gasteiger partial charge >= 0.3 is 0 Å². The van der Waals surface area contributed by atoms with Gasteiger partial charge in [-0.2, -0.15) is 0 Å². The normalized spacial score (nSPS) is 16.6. The number of rotatable bonds is 6. The molecule has 0 saturated heterocycles. The van der Waals surface area contributed by atoms with Gasteiger partial charge in [0.25, 0.3) is 5.69 Å². The lowest BCUT2D eigenvalue weighted by molar-refractivity contribution is -0.384. The number of hydrogen-bond acceptors (Lipinski definition) is 3. The second-order valence-corrected chi connectivity index (χ2v) is 5.84. The van der Waals surface area contributed by atoms with Gasteiger partial charge in [0.05, 0.1) is 4.92 Å². The van der Waals surface area contributed by atoms with Crippen molar-refractivity contribution in [3.63, 3.8) is 0 Å². The van der Waals surface area contributed by atoms with E-state index in [1.165, 1.54) is 19.3 Å². The summed E-state index contributed by atoms with van der Waals surface area (Å²) < 4.78 is 0.797. The Kier molecular flexibility index (Phi) is 4.02. The highest BCUT2D eigenvalue weighted by Crippen LogP contribution is 2.47. The summed E-state index contributed by atoms with van der Waals surface area (Å²) in [5.41, 5.74) is 1.71. The molecule has 1 aromatic carbocycles. The molecule has 98 valence electrons. The van der Waals surface area contributed by atoms with Gasteiger partial charge in [-0.05, 0) is 36.3 Å². The van der Waals surface area contributed by atoms with Crippen LogP contribution in [0.3, 0.4) is 0 Å². The Labute approximate surface area is 115 Å². The van der Waals surface area contributed by atoms with Crippen LogP contribution in [0.5, 0.6) is 0 Å².